The van der Waals surface area contributed by atoms with Gasteiger partial charge in [-0.15, -0.1) is 0 Å². The third kappa shape index (κ3) is 2.82. The molecule has 0 bridgehead atoms. The fraction of sp³-hybridized carbons (Fsp3) is 0.500. The lowest BCUT2D eigenvalue weighted by Gasteiger charge is -2.17. The van der Waals surface area contributed by atoms with Crippen molar-refractivity contribution in [1.29, 1.82) is 0 Å². The van der Waals surface area contributed by atoms with Crippen LogP contribution in [0.3, 0.4) is 0 Å². The van der Waals surface area contributed by atoms with Crippen molar-refractivity contribution >= 4 is 5.91 Å². The first-order chi connectivity index (χ1) is 8.58. The molecule has 1 aromatic rings. The number of likely N-dealkylation sites (tertiary alicyclic amines) is 1. The molecule has 1 aliphatic rings. The highest BCUT2D eigenvalue weighted by atomic mass is 16.5. The smallest absolute Gasteiger partial charge is 0.260 e. The number of nitrogens with zero attached hydrogens (tertiary/aromatic N) is 1. The Morgan fingerprint density at radius 3 is 2.72 bits per heavy atom. The molecule has 18 heavy (non-hydrogen) atoms. The van der Waals surface area contributed by atoms with Crippen LogP contribution in [0.15, 0.2) is 12.1 Å². The van der Waals surface area contributed by atoms with Gasteiger partial charge in [-0.2, -0.15) is 0 Å². The molecule has 1 atom stereocenters. The van der Waals surface area contributed by atoms with Crippen LogP contribution in [-0.2, 0) is 4.79 Å². The second kappa shape index (κ2) is 5.40. The van der Waals surface area contributed by atoms with Gasteiger partial charge in [-0.05, 0) is 49.6 Å². The van der Waals surface area contributed by atoms with E-state index in [1.54, 1.807) is 4.90 Å². The van der Waals surface area contributed by atoms with Crippen LogP contribution in [0.1, 0.15) is 17.5 Å². The summed E-state index contributed by atoms with van der Waals surface area (Å²) in [7, 11) is 0. The Morgan fingerprint density at radius 2 is 2.17 bits per heavy atom. The van der Waals surface area contributed by atoms with Gasteiger partial charge in [0.15, 0.2) is 6.61 Å². The van der Waals surface area contributed by atoms with E-state index in [1.807, 2.05) is 26.0 Å². The molecule has 1 heterocycles. The third-order valence-corrected chi connectivity index (χ3v) is 3.17. The molecule has 4 nitrogen and oxygen atoms in total. The van der Waals surface area contributed by atoms with Crippen molar-refractivity contribution in [3.63, 3.8) is 0 Å². The second-order valence-corrected chi connectivity index (χ2v) is 4.72. The summed E-state index contributed by atoms with van der Waals surface area (Å²) in [6.45, 7) is 4.93. The van der Waals surface area contributed by atoms with Crippen molar-refractivity contribution < 1.29 is 14.6 Å². The van der Waals surface area contributed by atoms with Crippen LogP contribution in [0.25, 0.3) is 0 Å². The molecule has 1 saturated heterocycles. The largest absolute Gasteiger partial charge is 0.483 e. The molecule has 1 amide bonds. The molecule has 0 unspecified atom stereocenters. The van der Waals surface area contributed by atoms with Gasteiger partial charge in [0.1, 0.15) is 5.75 Å². The van der Waals surface area contributed by atoms with E-state index in [0.717, 1.165) is 16.9 Å². The maximum atomic E-state index is 11.9. The minimum atomic E-state index is -0.385. The fourth-order valence-electron chi connectivity index (χ4n) is 2.15. The lowest BCUT2D eigenvalue weighted by molar-refractivity contribution is -0.132. The zero-order chi connectivity index (χ0) is 13.1. The van der Waals surface area contributed by atoms with E-state index in [1.165, 1.54) is 0 Å². The lowest BCUT2D eigenvalue weighted by atomic mass is 10.1. The van der Waals surface area contributed by atoms with Gasteiger partial charge in [0.2, 0.25) is 0 Å². The predicted octanol–water partition coefficient (Wildman–Crippen LogP) is 1.08. The van der Waals surface area contributed by atoms with Crippen molar-refractivity contribution in [2.45, 2.75) is 26.4 Å². The number of aliphatic hydroxyl groups is 1. The van der Waals surface area contributed by atoms with E-state index in [9.17, 15) is 9.90 Å². The van der Waals surface area contributed by atoms with E-state index in [4.69, 9.17) is 4.74 Å². The zero-order valence-corrected chi connectivity index (χ0v) is 10.8. The van der Waals surface area contributed by atoms with E-state index in [-0.39, 0.29) is 18.6 Å². The average Bonchev–Trinajstić information content (AvgIpc) is 2.75. The third-order valence-electron chi connectivity index (χ3n) is 3.17. The molecule has 1 aliphatic heterocycles. The molecule has 0 saturated carbocycles. The molecule has 1 fully saturated rings. The predicted molar refractivity (Wildman–Crippen MR) is 67.5 cm³/mol. The summed E-state index contributed by atoms with van der Waals surface area (Å²) in [5, 5.41) is 9.38. The minimum absolute atomic E-state index is 0.0262. The maximum Gasteiger partial charge on any atom is 0.260 e. The highest BCUT2D eigenvalue weighted by Gasteiger charge is 2.24. The molecule has 97 valence electrons. The van der Waals surface area contributed by atoms with Crippen molar-refractivity contribution in [1.82, 2.24) is 4.90 Å². The standard InChI is InChI=1S/C14H18NO3/c1-10-4-3-5-11(2)14(10)18-9-13(17)15-7-6-12(16)8-15/h4-5,12,16H,6-9H2,1-2H3/t12-/m1/s1. The quantitative estimate of drug-likeness (QED) is 0.870. The molecular weight excluding hydrogens is 230 g/mol. The van der Waals surface area contributed by atoms with Gasteiger partial charge in [0.05, 0.1) is 6.10 Å². The first-order valence-corrected chi connectivity index (χ1v) is 6.14. The summed E-state index contributed by atoms with van der Waals surface area (Å²) >= 11 is 0. The van der Waals surface area contributed by atoms with Gasteiger partial charge < -0.3 is 14.7 Å². The summed E-state index contributed by atoms with van der Waals surface area (Å²) < 4.78 is 5.58. The number of rotatable bonds is 3. The number of aliphatic hydroxyl groups excluding tert-OH is 1. The van der Waals surface area contributed by atoms with Gasteiger partial charge in [-0.1, -0.05) is 0 Å². The van der Waals surface area contributed by atoms with Crippen molar-refractivity contribution in [2.75, 3.05) is 19.7 Å². The number of ether oxygens (including phenoxy) is 1. The average molecular weight is 248 g/mol. The van der Waals surface area contributed by atoms with Crippen LogP contribution in [0, 0.1) is 19.9 Å². The fourth-order valence-corrected chi connectivity index (χ4v) is 2.15. The summed E-state index contributed by atoms with van der Waals surface area (Å²) in [6, 6.07) is 6.69. The van der Waals surface area contributed by atoms with Crippen LogP contribution in [-0.4, -0.2) is 41.7 Å². The number of hydrogen-bond acceptors (Lipinski definition) is 3. The van der Waals surface area contributed by atoms with Crippen LogP contribution in [0.4, 0.5) is 0 Å². The Balaban J connectivity index is 1.93. The first kappa shape index (κ1) is 12.9. The topological polar surface area (TPSA) is 49.8 Å². The number of aryl methyl sites for hydroxylation is 2. The molecule has 0 spiro atoms. The van der Waals surface area contributed by atoms with Crippen LogP contribution >= 0.6 is 0 Å². The number of carbonyl (C=O) groups is 1. The van der Waals surface area contributed by atoms with Crippen LogP contribution in [0.2, 0.25) is 0 Å². The maximum absolute atomic E-state index is 11.9. The molecule has 1 aromatic carbocycles. The van der Waals surface area contributed by atoms with E-state index < -0.39 is 0 Å². The number of amides is 1. The van der Waals surface area contributed by atoms with Crippen molar-refractivity contribution in [3.05, 3.63) is 29.3 Å². The van der Waals surface area contributed by atoms with E-state index in [0.29, 0.717) is 19.5 Å². The Kier molecular flexibility index (Phi) is 3.87. The van der Waals surface area contributed by atoms with E-state index in [2.05, 4.69) is 6.07 Å². The van der Waals surface area contributed by atoms with Gasteiger partial charge >= 0.3 is 0 Å². The molecule has 2 rings (SSSR count). The van der Waals surface area contributed by atoms with Crippen LogP contribution in [0.5, 0.6) is 5.75 Å². The Hall–Kier alpha value is -1.55. The summed E-state index contributed by atoms with van der Waals surface area (Å²) in [6.07, 6.45) is 0.271. The van der Waals surface area contributed by atoms with Gasteiger partial charge in [-0.3, -0.25) is 4.79 Å². The Bertz CT molecular complexity index is 424. The summed E-state index contributed by atoms with van der Waals surface area (Å²) in [5.41, 5.74) is 1.95. The minimum Gasteiger partial charge on any atom is -0.483 e. The Labute approximate surface area is 107 Å². The molecule has 1 N–H and O–H groups in total. The SMILES string of the molecule is Cc1c[c]cc(C)c1OCC(=O)N1CC[C@@H](O)C1. The van der Waals surface area contributed by atoms with Gasteiger partial charge in [0.25, 0.3) is 5.91 Å². The number of β-amino-alcohol motifs (C(OH)–C–C–N with tert-alkyl or cyclic N) is 1. The highest BCUT2D eigenvalue weighted by Crippen LogP contribution is 2.22. The van der Waals surface area contributed by atoms with Gasteiger partial charge in [0, 0.05) is 13.1 Å². The van der Waals surface area contributed by atoms with Crippen molar-refractivity contribution in [2.24, 2.45) is 0 Å². The summed E-state index contributed by atoms with van der Waals surface area (Å²) in [5.74, 6) is 0.681. The summed E-state index contributed by atoms with van der Waals surface area (Å²) in [4.78, 5) is 13.5. The normalized spacial score (nSPS) is 19.1. The van der Waals surface area contributed by atoms with Crippen molar-refractivity contribution in [3.8, 4) is 5.75 Å². The zero-order valence-electron chi connectivity index (χ0n) is 10.8. The number of carbonyl (C=O) groups excluding carboxylic acids is 1. The number of benzene rings is 1. The molecule has 1 radical (unpaired) electrons. The first-order valence-electron chi connectivity index (χ1n) is 6.14. The molecular formula is C14H18NO3. The molecule has 4 heteroatoms. The molecule has 0 aromatic heterocycles. The van der Waals surface area contributed by atoms with Gasteiger partial charge in [-0.25, -0.2) is 0 Å². The lowest BCUT2D eigenvalue weighted by Crippen LogP contribution is -2.33. The van der Waals surface area contributed by atoms with E-state index >= 15 is 0 Å². The molecule has 0 aliphatic carbocycles. The highest BCUT2D eigenvalue weighted by molar-refractivity contribution is 5.78. The Morgan fingerprint density at radius 1 is 1.50 bits per heavy atom. The second-order valence-electron chi connectivity index (χ2n) is 4.72. The monoisotopic (exact) mass is 248 g/mol. The number of hydrogen-bond donors (Lipinski definition) is 1. The van der Waals surface area contributed by atoms with Crippen LogP contribution < -0.4 is 4.74 Å².